The quantitative estimate of drug-likeness (QED) is 0.714. The van der Waals surface area contributed by atoms with Crippen LogP contribution in [0.3, 0.4) is 0 Å². The van der Waals surface area contributed by atoms with Gasteiger partial charge in [0.25, 0.3) is 5.91 Å². The van der Waals surface area contributed by atoms with Crippen molar-refractivity contribution < 1.29 is 13.9 Å². The number of thioether (sulfide) groups is 1. The van der Waals surface area contributed by atoms with Crippen molar-refractivity contribution in [3.63, 3.8) is 0 Å². The zero-order valence-electron chi connectivity index (χ0n) is 13.6. The van der Waals surface area contributed by atoms with Crippen LogP contribution in [0.4, 0.5) is 4.39 Å². The molecule has 1 heterocycles. The summed E-state index contributed by atoms with van der Waals surface area (Å²) in [6.07, 6.45) is 1.71. The lowest BCUT2D eigenvalue weighted by molar-refractivity contribution is 0.0819. The van der Waals surface area contributed by atoms with Crippen LogP contribution in [0, 0.1) is 5.82 Å². The Labute approximate surface area is 141 Å². The van der Waals surface area contributed by atoms with Crippen molar-refractivity contribution in [2.24, 2.45) is 4.99 Å². The highest BCUT2D eigenvalue weighted by molar-refractivity contribution is 8.14. The van der Waals surface area contributed by atoms with Gasteiger partial charge in [-0.1, -0.05) is 18.7 Å². The van der Waals surface area contributed by atoms with E-state index in [1.807, 2.05) is 6.92 Å². The normalized spacial score (nSPS) is 19.5. The number of aliphatic imine (C=N–C) groups is 1. The summed E-state index contributed by atoms with van der Waals surface area (Å²) in [7, 11) is 0. The Morgan fingerprint density at radius 1 is 1.39 bits per heavy atom. The summed E-state index contributed by atoms with van der Waals surface area (Å²) in [6, 6.07) is 5.83. The Kier molecular flexibility index (Phi) is 7.05. The van der Waals surface area contributed by atoms with Crippen LogP contribution in [-0.4, -0.2) is 47.5 Å². The average molecular weight is 338 g/mol. The maximum absolute atomic E-state index is 13.1. The molecule has 1 aliphatic rings. The predicted octanol–water partition coefficient (Wildman–Crippen LogP) is 3.58. The highest BCUT2D eigenvalue weighted by atomic mass is 32.2. The molecule has 0 radical (unpaired) electrons. The fourth-order valence-electron chi connectivity index (χ4n) is 2.36. The summed E-state index contributed by atoms with van der Waals surface area (Å²) >= 11 is 1.61. The third-order valence-electron chi connectivity index (χ3n) is 3.66. The number of rotatable bonds is 7. The number of amidine groups is 1. The number of halogens is 1. The smallest absolute Gasteiger partial charge is 0.260 e. The third-order valence-corrected chi connectivity index (χ3v) is 4.79. The molecule has 0 N–H and O–H groups in total. The first kappa shape index (κ1) is 17.9. The van der Waals surface area contributed by atoms with Gasteiger partial charge in [0.05, 0.1) is 0 Å². The first-order chi connectivity index (χ1) is 11.2. The average Bonchev–Trinajstić information content (AvgIpc) is 2.97. The maximum Gasteiger partial charge on any atom is 0.260 e. The molecule has 0 bridgehead atoms. The molecule has 0 aromatic heterocycles. The molecule has 1 aromatic rings. The number of carbonyl (C=O) groups is 1. The highest BCUT2D eigenvalue weighted by Crippen LogP contribution is 2.28. The fraction of sp³-hybridized carbons (Fsp3) is 0.529. The summed E-state index contributed by atoms with van der Waals surface area (Å²) in [4.78, 5) is 19.1. The lowest BCUT2D eigenvalue weighted by atomic mass is 10.1. The largest absolute Gasteiger partial charge is 0.382 e. The van der Waals surface area contributed by atoms with Gasteiger partial charge >= 0.3 is 0 Å². The molecule has 4 nitrogen and oxygen atoms in total. The zero-order valence-corrected chi connectivity index (χ0v) is 14.4. The molecule has 6 heteroatoms. The van der Waals surface area contributed by atoms with Crippen LogP contribution in [0.1, 0.15) is 37.0 Å². The van der Waals surface area contributed by atoms with E-state index in [2.05, 4.69) is 11.9 Å². The van der Waals surface area contributed by atoms with E-state index in [9.17, 15) is 9.18 Å². The van der Waals surface area contributed by atoms with E-state index in [1.54, 1.807) is 16.7 Å². The van der Waals surface area contributed by atoms with Gasteiger partial charge in [-0.05, 0) is 44.0 Å². The van der Waals surface area contributed by atoms with E-state index in [0.29, 0.717) is 25.3 Å². The molecule has 1 amide bonds. The number of benzene rings is 1. The lowest BCUT2D eigenvalue weighted by Crippen LogP contribution is -2.39. The van der Waals surface area contributed by atoms with Crippen LogP contribution in [0.2, 0.25) is 0 Å². The van der Waals surface area contributed by atoms with Crippen LogP contribution in [0.25, 0.3) is 0 Å². The van der Waals surface area contributed by atoms with Gasteiger partial charge in [0.2, 0.25) is 0 Å². The maximum atomic E-state index is 13.1. The summed E-state index contributed by atoms with van der Waals surface area (Å²) in [5.41, 5.74) is 0.495. The van der Waals surface area contributed by atoms with E-state index in [0.717, 1.165) is 23.8 Å². The van der Waals surface area contributed by atoms with Crippen LogP contribution in [0.15, 0.2) is 29.3 Å². The van der Waals surface area contributed by atoms with Gasteiger partial charge in [-0.15, -0.1) is 0 Å². The molecule has 0 saturated carbocycles. The molecule has 0 spiro atoms. The molecule has 1 unspecified atom stereocenters. The van der Waals surface area contributed by atoms with Gasteiger partial charge in [0, 0.05) is 37.1 Å². The van der Waals surface area contributed by atoms with Gasteiger partial charge in [-0.3, -0.25) is 14.7 Å². The Bertz CT molecular complexity index is 548. The molecular formula is C17H23FN2O2S. The van der Waals surface area contributed by atoms with Gasteiger partial charge in [-0.2, -0.15) is 0 Å². The molecular weight excluding hydrogens is 315 g/mol. The van der Waals surface area contributed by atoms with Crippen LogP contribution < -0.4 is 0 Å². The number of hydrogen-bond donors (Lipinski definition) is 0. The molecule has 126 valence electrons. The minimum atomic E-state index is -0.339. The Hall–Kier alpha value is -1.40. The van der Waals surface area contributed by atoms with E-state index >= 15 is 0 Å². The molecule has 1 aromatic carbocycles. The van der Waals surface area contributed by atoms with Crippen molar-refractivity contribution in [3.8, 4) is 0 Å². The predicted molar refractivity (Wildman–Crippen MR) is 92.5 cm³/mol. The minimum absolute atomic E-state index is 0.106. The molecule has 2 rings (SSSR count). The van der Waals surface area contributed by atoms with Gasteiger partial charge in [0.15, 0.2) is 5.17 Å². The van der Waals surface area contributed by atoms with Crippen molar-refractivity contribution >= 4 is 22.8 Å². The van der Waals surface area contributed by atoms with Crippen molar-refractivity contribution in [2.45, 2.75) is 32.7 Å². The number of carbonyl (C=O) groups excluding carboxylic acids is 1. The van der Waals surface area contributed by atoms with Crippen molar-refractivity contribution in [3.05, 3.63) is 35.6 Å². The molecule has 23 heavy (non-hydrogen) atoms. The van der Waals surface area contributed by atoms with E-state index in [-0.39, 0.29) is 17.8 Å². The number of ether oxygens (including phenoxy) is 1. The fourth-order valence-corrected chi connectivity index (χ4v) is 3.64. The molecule has 1 aliphatic heterocycles. The van der Waals surface area contributed by atoms with Crippen LogP contribution in [0.5, 0.6) is 0 Å². The molecule has 1 fully saturated rings. The number of hydrogen-bond acceptors (Lipinski definition) is 4. The topological polar surface area (TPSA) is 41.9 Å². The van der Waals surface area contributed by atoms with Gasteiger partial charge in [0.1, 0.15) is 5.82 Å². The Morgan fingerprint density at radius 2 is 2.13 bits per heavy atom. The minimum Gasteiger partial charge on any atom is -0.382 e. The van der Waals surface area contributed by atoms with E-state index in [1.165, 1.54) is 24.3 Å². The van der Waals surface area contributed by atoms with E-state index in [4.69, 9.17) is 4.74 Å². The van der Waals surface area contributed by atoms with Crippen LogP contribution in [-0.2, 0) is 4.74 Å². The van der Waals surface area contributed by atoms with Crippen molar-refractivity contribution in [2.75, 3.05) is 25.5 Å². The molecule has 1 saturated heterocycles. The monoisotopic (exact) mass is 338 g/mol. The first-order valence-corrected chi connectivity index (χ1v) is 9.00. The van der Waals surface area contributed by atoms with Gasteiger partial charge < -0.3 is 4.74 Å². The second-order valence-electron chi connectivity index (χ2n) is 5.27. The second kappa shape index (κ2) is 9.03. The summed E-state index contributed by atoms with van der Waals surface area (Å²) in [5.74, 6) is 0.410. The van der Waals surface area contributed by atoms with Crippen molar-refractivity contribution in [1.29, 1.82) is 0 Å². The highest BCUT2D eigenvalue weighted by Gasteiger charge is 2.34. The summed E-state index contributed by atoms with van der Waals surface area (Å²) in [5, 5.41) is 0.766. The van der Waals surface area contributed by atoms with Crippen LogP contribution >= 0.6 is 11.8 Å². The van der Waals surface area contributed by atoms with Gasteiger partial charge in [-0.25, -0.2) is 4.39 Å². The first-order valence-electron chi connectivity index (χ1n) is 8.01. The van der Waals surface area contributed by atoms with E-state index < -0.39 is 0 Å². The lowest BCUT2D eigenvalue weighted by Gasteiger charge is -2.23. The summed E-state index contributed by atoms with van der Waals surface area (Å²) in [6.45, 7) is 6.06. The second-order valence-corrected chi connectivity index (χ2v) is 6.26. The zero-order chi connectivity index (χ0) is 16.7. The number of nitrogens with zero attached hydrogens (tertiary/aromatic N) is 2. The van der Waals surface area contributed by atoms with Crippen molar-refractivity contribution in [1.82, 2.24) is 4.90 Å². The third kappa shape index (κ3) is 4.78. The summed E-state index contributed by atoms with van der Waals surface area (Å²) < 4.78 is 18.4. The SMILES string of the molecule is CCOCCCN=C1SCC(CC)N1C(=O)c1ccc(F)cc1. The number of amides is 1. The Morgan fingerprint density at radius 3 is 2.78 bits per heavy atom. The molecule has 0 aliphatic carbocycles. The standard InChI is InChI=1S/C17H23FN2O2S/c1-3-15-12-23-17(19-10-5-11-22-4-2)20(15)16(21)13-6-8-14(18)9-7-13/h6-9,15H,3-5,10-12H2,1-2H3. The Balaban J connectivity index is 2.08. The molecule has 1 atom stereocenters.